The molecule has 0 radical (unpaired) electrons. The lowest BCUT2D eigenvalue weighted by Crippen LogP contribution is -2.54. The number of carboxylic acid groups (broad SMARTS) is 1. The Morgan fingerprint density at radius 3 is 2.74 bits per heavy atom. The van der Waals surface area contributed by atoms with Gasteiger partial charge in [0.05, 0.1) is 6.61 Å². The lowest BCUT2D eigenvalue weighted by Gasteiger charge is -2.39. The van der Waals surface area contributed by atoms with Gasteiger partial charge in [-0.1, -0.05) is 12.1 Å². The first-order valence-corrected chi connectivity index (χ1v) is 8.06. The van der Waals surface area contributed by atoms with Gasteiger partial charge in [0, 0.05) is 39.1 Å². The highest BCUT2D eigenvalue weighted by Crippen LogP contribution is 2.31. The molecule has 23 heavy (non-hydrogen) atoms. The zero-order valence-electron chi connectivity index (χ0n) is 13.0. The molecule has 3 rings (SSSR count). The summed E-state index contributed by atoms with van der Waals surface area (Å²) < 4.78 is 24.8. The molecule has 126 valence electrons. The molecule has 2 saturated heterocycles. The number of likely N-dealkylation sites (tertiary alicyclic amines) is 1. The number of nitrogens with zero attached hydrogens (tertiary/aromatic N) is 1. The summed E-state index contributed by atoms with van der Waals surface area (Å²) in [5.41, 5.74) is -1.34. The van der Waals surface area contributed by atoms with Crippen molar-refractivity contribution in [3.8, 4) is 5.75 Å². The van der Waals surface area contributed by atoms with Gasteiger partial charge in [0.1, 0.15) is 0 Å². The quantitative estimate of drug-likeness (QED) is 0.900. The topological polar surface area (TPSA) is 59.0 Å². The highest BCUT2D eigenvalue weighted by atomic mass is 19.1. The molecule has 0 bridgehead atoms. The number of rotatable bonds is 5. The van der Waals surface area contributed by atoms with Crippen molar-refractivity contribution in [2.45, 2.75) is 24.9 Å². The maximum absolute atomic E-state index is 13.8. The molecule has 0 aliphatic carbocycles. The second-order valence-corrected chi connectivity index (χ2v) is 6.36. The van der Waals surface area contributed by atoms with Crippen molar-refractivity contribution in [1.82, 2.24) is 4.90 Å². The SMILES string of the molecule is O=C(O)C1(Oc2ccccc2F)CCN(C[C@H]2CCOC2)CC1. The van der Waals surface area contributed by atoms with Crippen LogP contribution in [0.25, 0.3) is 0 Å². The fourth-order valence-electron chi connectivity index (χ4n) is 3.29. The second kappa shape index (κ2) is 6.84. The fourth-order valence-corrected chi connectivity index (χ4v) is 3.29. The predicted molar refractivity (Wildman–Crippen MR) is 82.0 cm³/mol. The number of ether oxygens (including phenoxy) is 2. The number of hydrogen-bond donors (Lipinski definition) is 1. The Balaban J connectivity index is 1.64. The van der Waals surface area contributed by atoms with Crippen LogP contribution in [0.5, 0.6) is 5.75 Å². The molecule has 5 nitrogen and oxygen atoms in total. The first-order valence-electron chi connectivity index (χ1n) is 8.06. The summed E-state index contributed by atoms with van der Waals surface area (Å²) in [5, 5.41) is 9.63. The summed E-state index contributed by atoms with van der Waals surface area (Å²) in [6.07, 6.45) is 1.76. The van der Waals surface area contributed by atoms with Gasteiger partial charge in [0.25, 0.3) is 0 Å². The summed E-state index contributed by atoms with van der Waals surface area (Å²) in [6.45, 7) is 3.80. The molecule has 2 aliphatic rings. The van der Waals surface area contributed by atoms with Gasteiger partial charge in [-0.25, -0.2) is 9.18 Å². The van der Waals surface area contributed by atoms with Gasteiger partial charge >= 0.3 is 5.97 Å². The van der Waals surface area contributed by atoms with Gasteiger partial charge in [-0.2, -0.15) is 0 Å². The van der Waals surface area contributed by atoms with Gasteiger partial charge in [-0.3, -0.25) is 0 Å². The molecule has 0 spiro atoms. The van der Waals surface area contributed by atoms with Crippen molar-refractivity contribution in [1.29, 1.82) is 0 Å². The van der Waals surface area contributed by atoms with Crippen LogP contribution in [0.4, 0.5) is 4.39 Å². The van der Waals surface area contributed by atoms with Crippen LogP contribution in [-0.4, -0.2) is 54.4 Å². The van der Waals surface area contributed by atoms with Gasteiger partial charge in [-0.05, 0) is 24.5 Å². The minimum absolute atomic E-state index is 0.00698. The number of piperidine rings is 1. The molecule has 6 heteroatoms. The van der Waals surface area contributed by atoms with E-state index in [0.29, 0.717) is 31.8 Å². The molecule has 2 fully saturated rings. The second-order valence-electron chi connectivity index (χ2n) is 6.36. The molecule has 1 N–H and O–H groups in total. The Morgan fingerprint density at radius 1 is 1.39 bits per heavy atom. The highest BCUT2D eigenvalue weighted by molar-refractivity contribution is 5.78. The summed E-state index contributed by atoms with van der Waals surface area (Å²) in [7, 11) is 0. The number of carbonyl (C=O) groups is 1. The van der Waals surface area contributed by atoms with E-state index in [1.807, 2.05) is 0 Å². The number of para-hydroxylation sites is 1. The van der Waals surface area contributed by atoms with E-state index in [4.69, 9.17) is 9.47 Å². The van der Waals surface area contributed by atoms with Crippen LogP contribution in [0.2, 0.25) is 0 Å². The summed E-state index contributed by atoms with van der Waals surface area (Å²) in [6, 6.07) is 5.95. The molecule has 0 saturated carbocycles. The van der Waals surface area contributed by atoms with E-state index in [-0.39, 0.29) is 5.75 Å². The molecule has 0 aromatic heterocycles. The average Bonchev–Trinajstić information content (AvgIpc) is 3.04. The molecular weight excluding hydrogens is 301 g/mol. The lowest BCUT2D eigenvalue weighted by molar-refractivity contribution is -0.160. The predicted octanol–water partition coefficient (Wildman–Crippen LogP) is 2.16. The van der Waals surface area contributed by atoms with Crippen molar-refractivity contribution in [3.05, 3.63) is 30.1 Å². The molecule has 2 heterocycles. The van der Waals surface area contributed by atoms with E-state index in [2.05, 4.69) is 4.90 Å². The van der Waals surface area contributed by atoms with Crippen LogP contribution >= 0.6 is 0 Å². The number of benzene rings is 1. The van der Waals surface area contributed by atoms with Crippen LogP contribution in [0, 0.1) is 11.7 Å². The Bertz CT molecular complexity index is 551. The standard InChI is InChI=1S/C17H22FNO4/c18-14-3-1-2-4-15(14)23-17(16(20)21)6-8-19(9-7-17)11-13-5-10-22-12-13/h1-4,13H,5-12H2,(H,20,21)/t13-/m1/s1. The Kier molecular flexibility index (Phi) is 4.82. The minimum atomic E-state index is -1.34. The Morgan fingerprint density at radius 2 is 2.13 bits per heavy atom. The normalized spacial score (nSPS) is 24.5. The molecular formula is C17H22FNO4. The average molecular weight is 323 g/mol. The molecule has 1 atom stereocenters. The molecule has 0 unspecified atom stereocenters. The van der Waals surface area contributed by atoms with E-state index in [0.717, 1.165) is 26.2 Å². The van der Waals surface area contributed by atoms with Crippen LogP contribution < -0.4 is 4.74 Å². The molecule has 1 aromatic carbocycles. The number of aliphatic carboxylic acids is 1. The van der Waals surface area contributed by atoms with Gasteiger partial charge in [0.15, 0.2) is 11.6 Å². The third-order valence-corrected chi connectivity index (χ3v) is 4.74. The van der Waals surface area contributed by atoms with Crippen LogP contribution in [0.3, 0.4) is 0 Å². The third kappa shape index (κ3) is 3.64. The first kappa shape index (κ1) is 16.2. The van der Waals surface area contributed by atoms with Crippen molar-refractivity contribution >= 4 is 5.97 Å². The Labute approximate surface area is 135 Å². The monoisotopic (exact) mass is 323 g/mol. The zero-order chi connectivity index (χ0) is 16.3. The van der Waals surface area contributed by atoms with Gasteiger partial charge in [-0.15, -0.1) is 0 Å². The molecule has 2 aliphatic heterocycles. The maximum atomic E-state index is 13.8. The van der Waals surface area contributed by atoms with Crippen molar-refractivity contribution in [3.63, 3.8) is 0 Å². The summed E-state index contributed by atoms with van der Waals surface area (Å²) >= 11 is 0. The van der Waals surface area contributed by atoms with E-state index in [9.17, 15) is 14.3 Å². The number of halogens is 1. The minimum Gasteiger partial charge on any atom is -0.478 e. The highest BCUT2D eigenvalue weighted by Gasteiger charge is 2.44. The summed E-state index contributed by atoms with van der Waals surface area (Å²) in [5.74, 6) is -1.02. The van der Waals surface area contributed by atoms with Gasteiger partial charge in [0.2, 0.25) is 5.60 Å². The van der Waals surface area contributed by atoms with Crippen molar-refractivity contribution in [2.75, 3.05) is 32.8 Å². The number of hydrogen-bond acceptors (Lipinski definition) is 4. The van der Waals surface area contributed by atoms with E-state index in [1.54, 1.807) is 12.1 Å². The summed E-state index contributed by atoms with van der Waals surface area (Å²) in [4.78, 5) is 14.0. The van der Waals surface area contributed by atoms with Gasteiger partial charge < -0.3 is 19.5 Å². The lowest BCUT2D eigenvalue weighted by atomic mass is 9.90. The van der Waals surface area contributed by atoms with E-state index < -0.39 is 17.4 Å². The van der Waals surface area contributed by atoms with Crippen molar-refractivity contribution < 1.29 is 23.8 Å². The largest absolute Gasteiger partial charge is 0.478 e. The Hall–Kier alpha value is -1.66. The van der Waals surface area contributed by atoms with E-state index in [1.165, 1.54) is 12.1 Å². The van der Waals surface area contributed by atoms with Crippen LogP contribution in [0.15, 0.2) is 24.3 Å². The van der Waals surface area contributed by atoms with Crippen LogP contribution in [-0.2, 0) is 9.53 Å². The fraction of sp³-hybridized carbons (Fsp3) is 0.588. The maximum Gasteiger partial charge on any atom is 0.348 e. The number of carboxylic acids is 1. The van der Waals surface area contributed by atoms with E-state index >= 15 is 0 Å². The first-order chi connectivity index (χ1) is 11.1. The zero-order valence-corrected chi connectivity index (χ0v) is 13.0. The molecule has 0 amide bonds. The molecule has 1 aromatic rings. The third-order valence-electron chi connectivity index (χ3n) is 4.74. The van der Waals surface area contributed by atoms with Crippen molar-refractivity contribution in [2.24, 2.45) is 5.92 Å². The van der Waals surface area contributed by atoms with Crippen LogP contribution in [0.1, 0.15) is 19.3 Å². The smallest absolute Gasteiger partial charge is 0.348 e.